The molecule has 0 bridgehead atoms. The number of likely N-dealkylation sites (tertiary alicyclic amines) is 1. The van der Waals surface area contributed by atoms with Crippen LogP contribution in [0.25, 0.3) is 22.9 Å². The molecule has 34 heavy (non-hydrogen) atoms. The summed E-state index contributed by atoms with van der Waals surface area (Å²) in [4.78, 5) is 14.9. The standard InChI is InChI=1S/C26H35N7O/c1-18(2)33-26(27-19(3)29-33)23-17-31-13-14-34-24-15-20(8-9-22(24)25(31)28-23)32-12-6-7-21(32)16-30-10-4-5-11-30/h8-9,15,17-18,21H,4-7,10-14,16H2,1-3H3/t21-/m0/s1. The van der Waals surface area contributed by atoms with Crippen LogP contribution in [-0.2, 0) is 6.54 Å². The molecule has 0 radical (unpaired) electrons. The van der Waals surface area contributed by atoms with E-state index in [2.05, 4.69) is 62.7 Å². The zero-order valence-corrected chi connectivity index (χ0v) is 20.6. The van der Waals surface area contributed by atoms with Crippen molar-refractivity contribution in [3.05, 3.63) is 30.2 Å². The third kappa shape index (κ3) is 3.87. The second kappa shape index (κ2) is 8.73. The number of anilines is 1. The molecule has 2 saturated heterocycles. The van der Waals surface area contributed by atoms with Crippen LogP contribution in [0.3, 0.4) is 0 Å². The summed E-state index contributed by atoms with van der Waals surface area (Å²) in [6, 6.07) is 7.52. The van der Waals surface area contributed by atoms with Gasteiger partial charge in [-0.1, -0.05) is 0 Å². The van der Waals surface area contributed by atoms with Crippen molar-refractivity contribution >= 4 is 5.69 Å². The quantitative estimate of drug-likeness (QED) is 0.569. The van der Waals surface area contributed by atoms with Crippen molar-refractivity contribution in [2.24, 2.45) is 0 Å². The maximum atomic E-state index is 6.24. The summed E-state index contributed by atoms with van der Waals surface area (Å²) in [5.74, 6) is 3.48. The molecule has 5 heterocycles. The van der Waals surface area contributed by atoms with Crippen LogP contribution in [-0.4, -0.2) is 68.0 Å². The van der Waals surface area contributed by atoms with Gasteiger partial charge in [0.2, 0.25) is 0 Å². The van der Waals surface area contributed by atoms with Crippen LogP contribution < -0.4 is 9.64 Å². The van der Waals surface area contributed by atoms with E-state index in [1.54, 1.807) is 0 Å². The predicted octanol–water partition coefficient (Wildman–Crippen LogP) is 4.15. The molecule has 2 aromatic heterocycles. The number of benzene rings is 1. The fraction of sp³-hybridized carbons (Fsp3) is 0.577. The van der Waals surface area contributed by atoms with Crippen molar-refractivity contribution in [1.29, 1.82) is 0 Å². The van der Waals surface area contributed by atoms with Crippen LogP contribution in [0.1, 0.15) is 51.4 Å². The van der Waals surface area contributed by atoms with Gasteiger partial charge in [0.25, 0.3) is 0 Å². The Morgan fingerprint density at radius 2 is 1.88 bits per heavy atom. The zero-order valence-electron chi connectivity index (χ0n) is 20.6. The summed E-state index contributed by atoms with van der Waals surface area (Å²) in [6.07, 6.45) is 7.33. The van der Waals surface area contributed by atoms with Crippen molar-refractivity contribution in [3.63, 3.8) is 0 Å². The molecule has 180 valence electrons. The number of rotatable bonds is 5. The molecule has 1 aromatic carbocycles. The molecule has 0 unspecified atom stereocenters. The van der Waals surface area contributed by atoms with Crippen LogP contribution >= 0.6 is 0 Å². The van der Waals surface area contributed by atoms with Crippen LogP contribution in [0, 0.1) is 6.92 Å². The highest BCUT2D eigenvalue weighted by atomic mass is 16.5. The molecule has 0 aliphatic carbocycles. The van der Waals surface area contributed by atoms with Crippen molar-refractivity contribution in [1.82, 2.24) is 29.2 Å². The molecule has 0 amide bonds. The number of hydrogen-bond donors (Lipinski definition) is 0. The highest BCUT2D eigenvalue weighted by Gasteiger charge is 2.29. The molecular weight excluding hydrogens is 426 g/mol. The first kappa shape index (κ1) is 21.6. The van der Waals surface area contributed by atoms with E-state index in [1.807, 2.05) is 11.6 Å². The molecule has 8 heteroatoms. The molecule has 0 spiro atoms. The number of hydrogen-bond acceptors (Lipinski definition) is 6. The Hall–Kier alpha value is -2.87. The van der Waals surface area contributed by atoms with Gasteiger partial charge in [-0.2, -0.15) is 5.10 Å². The topological polar surface area (TPSA) is 64.2 Å². The van der Waals surface area contributed by atoms with E-state index >= 15 is 0 Å². The van der Waals surface area contributed by atoms with Crippen molar-refractivity contribution in [2.75, 3.05) is 37.7 Å². The Labute approximate surface area is 201 Å². The van der Waals surface area contributed by atoms with Crippen LogP contribution in [0.2, 0.25) is 0 Å². The minimum Gasteiger partial charge on any atom is -0.491 e. The Balaban J connectivity index is 1.31. The highest BCUT2D eigenvalue weighted by Crippen LogP contribution is 2.38. The van der Waals surface area contributed by atoms with Gasteiger partial charge in [-0.05, 0) is 71.7 Å². The van der Waals surface area contributed by atoms with Crippen molar-refractivity contribution < 1.29 is 4.74 Å². The van der Waals surface area contributed by atoms with Crippen LogP contribution in [0.5, 0.6) is 5.75 Å². The fourth-order valence-corrected chi connectivity index (χ4v) is 5.75. The largest absolute Gasteiger partial charge is 0.491 e. The monoisotopic (exact) mass is 461 g/mol. The van der Waals surface area contributed by atoms with E-state index < -0.39 is 0 Å². The number of nitrogens with zero attached hydrogens (tertiary/aromatic N) is 7. The normalized spacial score (nSPS) is 20.5. The maximum Gasteiger partial charge on any atom is 0.178 e. The molecule has 3 aliphatic heterocycles. The van der Waals surface area contributed by atoms with Crippen molar-refractivity contribution in [2.45, 2.75) is 65.1 Å². The molecule has 2 fully saturated rings. The van der Waals surface area contributed by atoms with Gasteiger partial charge in [0.1, 0.15) is 29.7 Å². The van der Waals surface area contributed by atoms with Crippen LogP contribution in [0.15, 0.2) is 24.4 Å². The second-order valence-electron chi connectivity index (χ2n) is 10.2. The van der Waals surface area contributed by atoms with E-state index in [-0.39, 0.29) is 6.04 Å². The summed E-state index contributed by atoms with van der Waals surface area (Å²) < 4.78 is 10.4. The summed E-state index contributed by atoms with van der Waals surface area (Å²) in [6.45, 7) is 12.4. The number of ether oxygens (including phenoxy) is 1. The molecule has 0 saturated carbocycles. The van der Waals surface area contributed by atoms with Crippen molar-refractivity contribution in [3.8, 4) is 28.7 Å². The number of imidazole rings is 1. The summed E-state index contributed by atoms with van der Waals surface area (Å²) >= 11 is 0. The summed E-state index contributed by atoms with van der Waals surface area (Å²) in [5.41, 5.74) is 3.19. The van der Waals surface area contributed by atoms with Gasteiger partial charge in [-0.15, -0.1) is 0 Å². The van der Waals surface area contributed by atoms with Gasteiger partial charge < -0.3 is 19.1 Å². The number of aromatic nitrogens is 5. The highest BCUT2D eigenvalue weighted by molar-refractivity contribution is 5.72. The lowest BCUT2D eigenvalue weighted by Crippen LogP contribution is -2.39. The zero-order chi connectivity index (χ0) is 23.2. The van der Waals surface area contributed by atoms with Gasteiger partial charge in [-0.3, -0.25) is 0 Å². The van der Waals surface area contributed by atoms with E-state index in [1.165, 1.54) is 51.0 Å². The van der Waals surface area contributed by atoms with Gasteiger partial charge in [0.15, 0.2) is 5.82 Å². The predicted molar refractivity (Wildman–Crippen MR) is 133 cm³/mol. The van der Waals surface area contributed by atoms with Gasteiger partial charge in [0, 0.05) is 43.1 Å². The van der Waals surface area contributed by atoms with E-state index in [4.69, 9.17) is 9.72 Å². The molecule has 3 aromatic rings. The SMILES string of the molecule is Cc1nc(-c2cn3c(n2)-c2ccc(N4CCC[C@H]4CN4CCCC4)cc2OCC3)n(C(C)C)n1. The average Bonchev–Trinajstić information content (AvgIpc) is 3.61. The Kier molecular flexibility index (Phi) is 5.56. The third-order valence-electron chi connectivity index (χ3n) is 7.40. The minimum absolute atomic E-state index is 0.227. The second-order valence-corrected chi connectivity index (χ2v) is 10.2. The fourth-order valence-electron chi connectivity index (χ4n) is 5.75. The molecule has 0 N–H and O–H groups in total. The molecular formula is C26H35N7O. The lowest BCUT2D eigenvalue weighted by molar-refractivity contribution is 0.306. The van der Waals surface area contributed by atoms with E-state index in [0.29, 0.717) is 12.6 Å². The Morgan fingerprint density at radius 1 is 1.03 bits per heavy atom. The van der Waals surface area contributed by atoms with Gasteiger partial charge in [-0.25, -0.2) is 14.6 Å². The smallest absolute Gasteiger partial charge is 0.178 e. The Bertz CT molecular complexity index is 1170. The number of fused-ring (bicyclic) bond motifs is 3. The first-order valence-corrected chi connectivity index (χ1v) is 12.8. The maximum absolute atomic E-state index is 6.24. The third-order valence-corrected chi connectivity index (χ3v) is 7.40. The first-order chi connectivity index (χ1) is 16.6. The average molecular weight is 462 g/mol. The first-order valence-electron chi connectivity index (χ1n) is 12.8. The molecule has 6 rings (SSSR count). The molecule has 8 nitrogen and oxygen atoms in total. The lowest BCUT2D eigenvalue weighted by atomic mass is 10.1. The summed E-state index contributed by atoms with van der Waals surface area (Å²) in [5, 5.41) is 4.58. The lowest BCUT2D eigenvalue weighted by Gasteiger charge is -2.30. The van der Waals surface area contributed by atoms with Gasteiger partial charge in [0.05, 0.1) is 12.1 Å². The minimum atomic E-state index is 0.227. The van der Waals surface area contributed by atoms with E-state index in [9.17, 15) is 0 Å². The molecule has 3 aliphatic rings. The summed E-state index contributed by atoms with van der Waals surface area (Å²) in [7, 11) is 0. The number of aryl methyl sites for hydroxylation is 1. The van der Waals surface area contributed by atoms with Gasteiger partial charge >= 0.3 is 0 Å². The van der Waals surface area contributed by atoms with E-state index in [0.717, 1.165) is 47.6 Å². The Morgan fingerprint density at radius 3 is 2.71 bits per heavy atom. The van der Waals surface area contributed by atoms with Crippen LogP contribution in [0.4, 0.5) is 5.69 Å². The molecule has 1 atom stereocenters.